The van der Waals surface area contributed by atoms with Crippen molar-refractivity contribution in [1.82, 2.24) is 0 Å². The molecule has 0 aromatic heterocycles. The van der Waals surface area contributed by atoms with Gasteiger partial charge in [0, 0.05) is 12.2 Å². The average Bonchev–Trinajstić information content (AvgIpc) is 2.53. The number of benzene rings is 1. The molecular formula is C9H11FN2O. The fourth-order valence-electron chi connectivity index (χ4n) is 1.39. The molecule has 0 radical (unpaired) electrons. The molecule has 0 atom stereocenters. The van der Waals surface area contributed by atoms with Crippen molar-refractivity contribution in [2.45, 2.75) is 6.42 Å². The second kappa shape index (κ2) is 3.22. The number of rotatable bonds is 1. The molecule has 1 saturated heterocycles. The molecule has 13 heavy (non-hydrogen) atoms. The van der Waals surface area contributed by atoms with Crippen molar-refractivity contribution >= 4 is 11.4 Å². The number of nitrogens with two attached hydrogens (primary N) is 1. The van der Waals surface area contributed by atoms with Crippen molar-refractivity contribution in [3.05, 3.63) is 24.0 Å². The van der Waals surface area contributed by atoms with Gasteiger partial charge in [-0.1, -0.05) is 0 Å². The fourth-order valence-corrected chi connectivity index (χ4v) is 1.39. The van der Waals surface area contributed by atoms with Crippen molar-refractivity contribution in [2.24, 2.45) is 0 Å². The number of nitrogen functional groups attached to an aromatic ring is 1. The van der Waals surface area contributed by atoms with Crippen molar-refractivity contribution in [1.29, 1.82) is 0 Å². The summed E-state index contributed by atoms with van der Waals surface area (Å²) in [6, 6.07) is 4.41. The highest BCUT2D eigenvalue weighted by atomic mass is 19.1. The number of anilines is 2. The Labute approximate surface area is 75.9 Å². The highest BCUT2D eigenvalue weighted by Gasteiger charge is 2.14. The lowest BCUT2D eigenvalue weighted by Crippen LogP contribution is -2.16. The molecule has 2 N–H and O–H groups in total. The number of hydrogen-bond donors (Lipinski definition) is 1. The third-order valence-corrected chi connectivity index (χ3v) is 1.95. The number of nitrogens with zero attached hydrogens (tertiary/aromatic N) is 1. The van der Waals surface area contributed by atoms with Gasteiger partial charge in [0.15, 0.2) is 0 Å². The van der Waals surface area contributed by atoms with Gasteiger partial charge >= 0.3 is 0 Å². The van der Waals surface area contributed by atoms with Gasteiger partial charge in [0.1, 0.15) is 5.82 Å². The fraction of sp³-hybridized carbons (Fsp3) is 0.333. The lowest BCUT2D eigenvalue weighted by Gasteiger charge is -2.16. The third kappa shape index (κ3) is 1.72. The highest BCUT2D eigenvalue weighted by Crippen LogP contribution is 2.22. The van der Waals surface area contributed by atoms with Crippen LogP contribution in [0.25, 0.3) is 0 Å². The lowest BCUT2D eigenvalue weighted by atomic mass is 10.2. The monoisotopic (exact) mass is 182 g/mol. The molecule has 2 rings (SSSR count). The van der Waals surface area contributed by atoms with Gasteiger partial charge in [0.05, 0.1) is 12.3 Å². The van der Waals surface area contributed by atoms with E-state index in [-0.39, 0.29) is 5.82 Å². The van der Waals surface area contributed by atoms with Gasteiger partial charge in [-0.15, -0.1) is 0 Å². The van der Waals surface area contributed by atoms with Crippen molar-refractivity contribution in [2.75, 3.05) is 23.9 Å². The molecule has 1 aromatic carbocycles. The van der Waals surface area contributed by atoms with Crippen LogP contribution in [0.5, 0.6) is 0 Å². The lowest BCUT2D eigenvalue weighted by molar-refractivity contribution is 0.168. The van der Waals surface area contributed by atoms with Gasteiger partial charge in [-0.3, -0.25) is 9.90 Å². The maximum Gasteiger partial charge on any atom is 0.127 e. The molecule has 4 heteroatoms. The average molecular weight is 182 g/mol. The van der Waals surface area contributed by atoms with Crippen LogP contribution in [0, 0.1) is 5.82 Å². The summed E-state index contributed by atoms with van der Waals surface area (Å²) in [6.07, 6.45) is 0.969. The first kappa shape index (κ1) is 8.31. The molecule has 0 bridgehead atoms. The van der Waals surface area contributed by atoms with Gasteiger partial charge in [0.25, 0.3) is 0 Å². The van der Waals surface area contributed by atoms with Gasteiger partial charge < -0.3 is 5.73 Å². The van der Waals surface area contributed by atoms with Crippen LogP contribution < -0.4 is 10.8 Å². The molecule has 0 amide bonds. The Morgan fingerprint density at radius 2 is 2.23 bits per heavy atom. The maximum atomic E-state index is 12.9. The zero-order valence-electron chi connectivity index (χ0n) is 7.16. The first-order chi connectivity index (χ1) is 6.25. The van der Waals surface area contributed by atoms with Crippen LogP contribution in [0.15, 0.2) is 18.2 Å². The molecule has 1 heterocycles. The molecule has 1 aromatic rings. The minimum Gasteiger partial charge on any atom is -0.399 e. The van der Waals surface area contributed by atoms with Crippen molar-refractivity contribution < 1.29 is 9.23 Å². The summed E-state index contributed by atoms with van der Waals surface area (Å²) in [5.74, 6) is -0.328. The maximum absolute atomic E-state index is 12.9. The van der Waals surface area contributed by atoms with E-state index in [4.69, 9.17) is 10.6 Å². The first-order valence-electron chi connectivity index (χ1n) is 4.22. The normalized spacial score (nSPS) is 16.5. The Morgan fingerprint density at radius 3 is 2.85 bits per heavy atom. The van der Waals surface area contributed by atoms with E-state index in [1.54, 1.807) is 11.1 Å². The van der Waals surface area contributed by atoms with E-state index in [9.17, 15) is 4.39 Å². The van der Waals surface area contributed by atoms with Crippen LogP contribution in [0.3, 0.4) is 0 Å². The number of hydrogen-bond acceptors (Lipinski definition) is 3. The van der Waals surface area contributed by atoms with E-state index in [2.05, 4.69) is 0 Å². The van der Waals surface area contributed by atoms with Gasteiger partial charge in [-0.25, -0.2) is 4.39 Å². The van der Waals surface area contributed by atoms with Crippen LogP contribution in [-0.2, 0) is 4.84 Å². The van der Waals surface area contributed by atoms with E-state index in [0.717, 1.165) is 13.0 Å². The van der Waals surface area contributed by atoms with E-state index in [1.807, 2.05) is 0 Å². The van der Waals surface area contributed by atoms with E-state index < -0.39 is 0 Å². The minimum absolute atomic E-state index is 0.328. The molecule has 0 saturated carbocycles. The van der Waals surface area contributed by atoms with Crippen LogP contribution in [0.1, 0.15) is 6.42 Å². The first-order valence-corrected chi connectivity index (χ1v) is 4.22. The zero-order valence-corrected chi connectivity index (χ0v) is 7.16. The van der Waals surface area contributed by atoms with E-state index in [1.165, 1.54) is 12.1 Å². The molecule has 1 aliphatic heterocycles. The SMILES string of the molecule is Nc1cc(F)cc(N2CCCO2)c1. The summed E-state index contributed by atoms with van der Waals surface area (Å²) in [5.41, 5.74) is 6.62. The zero-order chi connectivity index (χ0) is 9.26. The quantitative estimate of drug-likeness (QED) is 0.670. The molecule has 3 nitrogen and oxygen atoms in total. The van der Waals surface area contributed by atoms with Crippen molar-refractivity contribution in [3.8, 4) is 0 Å². The minimum atomic E-state index is -0.328. The largest absolute Gasteiger partial charge is 0.399 e. The summed E-state index contributed by atoms with van der Waals surface area (Å²) in [5, 5.41) is 1.67. The Bertz CT molecular complexity index is 290. The van der Waals surface area contributed by atoms with Crippen LogP contribution in [-0.4, -0.2) is 13.2 Å². The molecule has 70 valence electrons. The number of halogens is 1. The van der Waals surface area contributed by atoms with E-state index >= 15 is 0 Å². The Kier molecular flexibility index (Phi) is 2.06. The Hall–Kier alpha value is -1.29. The molecule has 1 fully saturated rings. The Balaban J connectivity index is 2.28. The summed E-state index contributed by atoms with van der Waals surface area (Å²) in [7, 11) is 0. The molecule has 0 spiro atoms. The van der Waals surface area contributed by atoms with E-state index in [0.29, 0.717) is 18.0 Å². The molecule has 1 aliphatic rings. The summed E-state index contributed by atoms with van der Waals surface area (Å²) < 4.78 is 12.9. The second-order valence-electron chi connectivity index (χ2n) is 3.03. The summed E-state index contributed by atoms with van der Waals surface area (Å²) in [6.45, 7) is 1.49. The summed E-state index contributed by atoms with van der Waals surface area (Å²) >= 11 is 0. The Morgan fingerprint density at radius 1 is 1.38 bits per heavy atom. The van der Waals surface area contributed by atoms with Crippen LogP contribution in [0.4, 0.5) is 15.8 Å². The topological polar surface area (TPSA) is 38.5 Å². The highest BCUT2D eigenvalue weighted by molar-refractivity contribution is 5.55. The summed E-state index contributed by atoms with van der Waals surface area (Å²) in [4.78, 5) is 5.26. The predicted molar refractivity (Wildman–Crippen MR) is 48.7 cm³/mol. The van der Waals surface area contributed by atoms with Crippen molar-refractivity contribution in [3.63, 3.8) is 0 Å². The number of hydroxylamine groups is 1. The third-order valence-electron chi connectivity index (χ3n) is 1.95. The molecule has 0 aliphatic carbocycles. The smallest absolute Gasteiger partial charge is 0.127 e. The second-order valence-corrected chi connectivity index (χ2v) is 3.03. The standard InChI is InChI=1S/C9H11FN2O/c10-7-4-8(11)6-9(5-7)12-2-1-3-13-12/h4-6H,1-3,11H2. The van der Waals surface area contributed by atoms with Gasteiger partial charge in [-0.05, 0) is 24.6 Å². The predicted octanol–water partition coefficient (Wildman–Crippen LogP) is 1.55. The van der Waals surface area contributed by atoms with Gasteiger partial charge in [0.2, 0.25) is 0 Å². The molecular weight excluding hydrogens is 171 g/mol. The van der Waals surface area contributed by atoms with Gasteiger partial charge in [-0.2, -0.15) is 0 Å². The van der Waals surface area contributed by atoms with Crippen LogP contribution in [0.2, 0.25) is 0 Å². The molecule has 0 unspecified atom stereocenters. The van der Waals surface area contributed by atoms with Crippen LogP contribution >= 0.6 is 0 Å².